The van der Waals surface area contributed by atoms with E-state index in [0.717, 1.165) is 45.3 Å². The highest BCUT2D eigenvalue weighted by Gasteiger charge is 2.27. The Morgan fingerprint density at radius 1 is 1.50 bits per heavy atom. The van der Waals surface area contributed by atoms with Gasteiger partial charge in [0, 0.05) is 6.54 Å². The Kier molecular flexibility index (Phi) is 7.04. The highest BCUT2D eigenvalue weighted by Crippen LogP contribution is 2.19. The van der Waals surface area contributed by atoms with Crippen LogP contribution in [-0.4, -0.2) is 42.5 Å². The van der Waals surface area contributed by atoms with Crippen molar-refractivity contribution in [3.63, 3.8) is 0 Å². The van der Waals surface area contributed by atoms with Gasteiger partial charge in [-0.15, -0.1) is 6.42 Å². The van der Waals surface area contributed by atoms with Gasteiger partial charge in [-0.1, -0.05) is 19.8 Å². The van der Waals surface area contributed by atoms with E-state index in [1.807, 2.05) is 13.8 Å². The van der Waals surface area contributed by atoms with Crippen molar-refractivity contribution < 1.29 is 4.79 Å². The van der Waals surface area contributed by atoms with Gasteiger partial charge in [-0.3, -0.25) is 9.69 Å². The monoisotopic (exact) mass is 279 g/mol. The number of hydrogen-bond donors (Lipinski definition) is 2. The first-order valence-electron chi connectivity index (χ1n) is 7.80. The van der Waals surface area contributed by atoms with Crippen LogP contribution in [0.3, 0.4) is 0 Å². The molecule has 0 radical (unpaired) electrons. The normalized spacial score (nSPS) is 20.4. The fourth-order valence-corrected chi connectivity index (χ4v) is 2.94. The molecule has 1 rings (SSSR count). The topological polar surface area (TPSA) is 58.4 Å². The Morgan fingerprint density at radius 2 is 2.20 bits per heavy atom. The molecule has 4 heteroatoms. The van der Waals surface area contributed by atoms with Gasteiger partial charge in [0.25, 0.3) is 0 Å². The molecule has 1 atom stereocenters. The van der Waals surface area contributed by atoms with Gasteiger partial charge in [0.2, 0.25) is 5.91 Å². The van der Waals surface area contributed by atoms with Crippen molar-refractivity contribution in [1.82, 2.24) is 10.2 Å². The van der Waals surface area contributed by atoms with Gasteiger partial charge >= 0.3 is 0 Å². The van der Waals surface area contributed by atoms with Crippen molar-refractivity contribution in [3.8, 4) is 12.3 Å². The van der Waals surface area contributed by atoms with Crippen molar-refractivity contribution in [3.05, 3.63) is 0 Å². The molecule has 1 heterocycles. The molecule has 3 N–H and O–H groups in total. The largest absolute Gasteiger partial charge is 0.339 e. The molecule has 0 spiro atoms. The highest BCUT2D eigenvalue weighted by molar-refractivity contribution is 5.79. The van der Waals surface area contributed by atoms with Gasteiger partial charge in [0.05, 0.1) is 6.54 Å². The molecule has 0 aromatic carbocycles. The summed E-state index contributed by atoms with van der Waals surface area (Å²) in [6.07, 6.45) is 10.5. The lowest BCUT2D eigenvalue weighted by atomic mass is 9.93. The van der Waals surface area contributed by atoms with Crippen LogP contribution in [0.4, 0.5) is 0 Å². The molecule has 1 saturated heterocycles. The second-order valence-electron chi connectivity index (χ2n) is 5.80. The van der Waals surface area contributed by atoms with Crippen molar-refractivity contribution in [2.45, 2.75) is 51.5 Å². The molecule has 1 aliphatic heterocycles. The second kappa shape index (κ2) is 8.28. The van der Waals surface area contributed by atoms with Crippen LogP contribution in [-0.2, 0) is 4.79 Å². The van der Waals surface area contributed by atoms with Crippen LogP contribution in [0.25, 0.3) is 0 Å². The Morgan fingerprint density at radius 3 is 2.75 bits per heavy atom. The predicted molar refractivity (Wildman–Crippen MR) is 83.1 cm³/mol. The van der Waals surface area contributed by atoms with E-state index in [0.29, 0.717) is 12.5 Å². The predicted octanol–water partition coefficient (Wildman–Crippen LogP) is 1.36. The number of rotatable bonds is 7. The van der Waals surface area contributed by atoms with Gasteiger partial charge in [-0.25, -0.2) is 0 Å². The van der Waals surface area contributed by atoms with Crippen LogP contribution < -0.4 is 11.1 Å². The van der Waals surface area contributed by atoms with Gasteiger partial charge in [-0.05, 0) is 51.1 Å². The number of likely N-dealkylation sites (tertiary alicyclic amines) is 1. The first-order valence-corrected chi connectivity index (χ1v) is 7.80. The Labute approximate surface area is 123 Å². The zero-order valence-electron chi connectivity index (χ0n) is 13.0. The maximum atomic E-state index is 12.2. The summed E-state index contributed by atoms with van der Waals surface area (Å²) in [7, 11) is 0. The molecule has 4 nitrogen and oxygen atoms in total. The molecule has 0 bridgehead atoms. The maximum absolute atomic E-state index is 12.2. The number of nitrogens with zero attached hydrogens (tertiary/aromatic N) is 1. The smallest absolute Gasteiger partial charge is 0.235 e. The lowest BCUT2D eigenvalue weighted by Gasteiger charge is -2.33. The minimum Gasteiger partial charge on any atom is -0.339 e. The van der Waals surface area contributed by atoms with E-state index in [1.54, 1.807) is 0 Å². The van der Waals surface area contributed by atoms with Crippen LogP contribution in [0.1, 0.15) is 46.0 Å². The van der Waals surface area contributed by atoms with Gasteiger partial charge in [0.15, 0.2) is 0 Å². The van der Waals surface area contributed by atoms with Crippen LogP contribution in [0, 0.1) is 18.3 Å². The fraction of sp³-hybridized carbons (Fsp3) is 0.812. The Hall–Kier alpha value is -1.05. The van der Waals surface area contributed by atoms with Crippen LogP contribution in [0.5, 0.6) is 0 Å². The quantitative estimate of drug-likeness (QED) is 0.692. The summed E-state index contributed by atoms with van der Waals surface area (Å²) < 4.78 is 0. The third-order valence-electron chi connectivity index (χ3n) is 4.41. The minimum atomic E-state index is -0.483. The summed E-state index contributed by atoms with van der Waals surface area (Å²) in [6.45, 7) is 7.19. The number of nitrogens with two attached hydrogens (primary N) is 1. The average Bonchev–Trinajstić information content (AvgIpc) is 2.46. The number of amides is 1. The molecule has 0 aromatic heterocycles. The molecule has 114 valence electrons. The van der Waals surface area contributed by atoms with E-state index >= 15 is 0 Å². The van der Waals surface area contributed by atoms with E-state index in [-0.39, 0.29) is 5.91 Å². The Bertz CT molecular complexity index is 342. The van der Waals surface area contributed by atoms with E-state index in [9.17, 15) is 4.79 Å². The fourth-order valence-electron chi connectivity index (χ4n) is 2.94. The molecular formula is C16H29N3O. The standard InChI is InChI=1S/C16H29N3O/c1-4-16(5-2,6-3)18-15(20)13-19-11-7-8-14(12-19)9-10-17/h1,14H,5-13,17H2,2-3H3,(H,18,20). The van der Waals surface area contributed by atoms with Crippen molar-refractivity contribution in [2.75, 3.05) is 26.2 Å². The molecule has 1 unspecified atom stereocenters. The summed E-state index contributed by atoms with van der Waals surface area (Å²) in [5.41, 5.74) is 5.14. The highest BCUT2D eigenvalue weighted by atomic mass is 16.2. The van der Waals surface area contributed by atoms with E-state index < -0.39 is 5.54 Å². The number of terminal acetylenes is 1. The molecule has 0 aliphatic carbocycles. The number of carbonyl (C=O) groups is 1. The van der Waals surface area contributed by atoms with Crippen molar-refractivity contribution >= 4 is 5.91 Å². The summed E-state index contributed by atoms with van der Waals surface area (Å²) in [4.78, 5) is 14.4. The number of piperidine rings is 1. The maximum Gasteiger partial charge on any atom is 0.235 e. The van der Waals surface area contributed by atoms with Crippen LogP contribution >= 0.6 is 0 Å². The number of carbonyl (C=O) groups excluding carboxylic acids is 1. The first-order chi connectivity index (χ1) is 9.59. The van der Waals surface area contributed by atoms with Crippen LogP contribution in [0.2, 0.25) is 0 Å². The van der Waals surface area contributed by atoms with Crippen LogP contribution in [0.15, 0.2) is 0 Å². The van der Waals surface area contributed by atoms with Gasteiger partial charge in [-0.2, -0.15) is 0 Å². The van der Waals surface area contributed by atoms with Gasteiger partial charge < -0.3 is 11.1 Å². The van der Waals surface area contributed by atoms with E-state index in [2.05, 4.69) is 16.1 Å². The minimum absolute atomic E-state index is 0.0417. The lowest BCUT2D eigenvalue weighted by Crippen LogP contribution is -2.51. The van der Waals surface area contributed by atoms with Gasteiger partial charge in [0.1, 0.15) is 5.54 Å². The molecule has 20 heavy (non-hydrogen) atoms. The third kappa shape index (κ3) is 4.81. The zero-order chi connectivity index (χ0) is 15.0. The molecule has 0 aromatic rings. The van der Waals surface area contributed by atoms with Crippen molar-refractivity contribution in [2.24, 2.45) is 11.7 Å². The second-order valence-corrected chi connectivity index (χ2v) is 5.80. The van der Waals surface area contributed by atoms with Crippen molar-refractivity contribution in [1.29, 1.82) is 0 Å². The Balaban J connectivity index is 2.47. The lowest BCUT2D eigenvalue weighted by molar-refractivity contribution is -0.124. The average molecular weight is 279 g/mol. The molecule has 0 saturated carbocycles. The summed E-state index contributed by atoms with van der Waals surface area (Å²) >= 11 is 0. The zero-order valence-corrected chi connectivity index (χ0v) is 13.0. The summed E-state index contributed by atoms with van der Waals surface area (Å²) in [6, 6.07) is 0. The molecule has 1 amide bonds. The summed E-state index contributed by atoms with van der Waals surface area (Å²) in [5, 5.41) is 3.03. The van der Waals surface area contributed by atoms with E-state index in [4.69, 9.17) is 12.2 Å². The SMILES string of the molecule is C#CC(CC)(CC)NC(=O)CN1CCCC(CCN)C1. The van der Waals surface area contributed by atoms with E-state index in [1.165, 1.54) is 6.42 Å². The third-order valence-corrected chi connectivity index (χ3v) is 4.41. The molecule has 1 fully saturated rings. The number of hydrogen-bond acceptors (Lipinski definition) is 3. The first kappa shape index (κ1) is 17.0. The molecule has 1 aliphatic rings. The number of nitrogens with one attached hydrogen (secondary N) is 1. The summed E-state index contributed by atoms with van der Waals surface area (Å²) in [5.74, 6) is 3.42. The molecular weight excluding hydrogens is 250 g/mol.